The first-order valence-electron chi connectivity index (χ1n) is 5.34. The van der Waals surface area contributed by atoms with Gasteiger partial charge in [-0.15, -0.1) is 0 Å². The number of benzene rings is 1. The topological polar surface area (TPSA) is 52.6 Å². The van der Waals surface area contributed by atoms with E-state index in [1.807, 2.05) is 31.1 Å². The van der Waals surface area contributed by atoms with Crippen molar-refractivity contribution in [1.29, 1.82) is 0 Å². The van der Waals surface area contributed by atoms with Crippen LogP contribution in [0.4, 0.5) is 10.5 Å². The fourth-order valence-corrected chi connectivity index (χ4v) is 1.92. The van der Waals surface area contributed by atoms with Crippen LogP contribution in [-0.2, 0) is 0 Å². The van der Waals surface area contributed by atoms with Crippen LogP contribution >= 0.6 is 0 Å². The molecule has 2 atom stereocenters. The summed E-state index contributed by atoms with van der Waals surface area (Å²) >= 11 is 0. The van der Waals surface area contributed by atoms with Gasteiger partial charge in [-0.2, -0.15) is 0 Å². The summed E-state index contributed by atoms with van der Waals surface area (Å²) in [5.41, 5.74) is 2.36. The van der Waals surface area contributed by atoms with E-state index in [0.717, 1.165) is 12.1 Å². The third-order valence-corrected chi connectivity index (χ3v) is 2.91. The molecule has 1 aromatic carbocycles. The van der Waals surface area contributed by atoms with E-state index in [4.69, 9.17) is 5.11 Å². The van der Waals surface area contributed by atoms with Gasteiger partial charge >= 0.3 is 6.09 Å². The molecule has 0 bridgehead atoms. The van der Waals surface area contributed by atoms with E-state index in [1.54, 1.807) is 0 Å². The Balaban J connectivity index is 2.06. The van der Waals surface area contributed by atoms with Crippen LogP contribution in [0.25, 0.3) is 0 Å². The molecule has 1 aliphatic rings. The Hall–Kier alpha value is -1.71. The highest BCUT2D eigenvalue weighted by molar-refractivity contribution is 5.66. The Morgan fingerprint density at radius 3 is 2.88 bits per heavy atom. The second-order valence-corrected chi connectivity index (χ2v) is 4.39. The molecule has 1 fully saturated rings. The summed E-state index contributed by atoms with van der Waals surface area (Å²) < 4.78 is 0. The van der Waals surface area contributed by atoms with Gasteiger partial charge in [0.1, 0.15) is 0 Å². The minimum absolute atomic E-state index is 0.0925. The number of carboxylic acid groups (broad SMARTS) is 1. The molecule has 0 aromatic heterocycles. The van der Waals surface area contributed by atoms with Crippen molar-refractivity contribution in [2.75, 3.05) is 19.0 Å². The van der Waals surface area contributed by atoms with Crippen molar-refractivity contribution in [3.63, 3.8) is 0 Å². The van der Waals surface area contributed by atoms with E-state index in [-0.39, 0.29) is 6.04 Å². The number of nitrogens with one attached hydrogen (secondary N) is 1. The molecule has 1 aliphatic carbocycles. The summed E-state index contributed by atoms with van der Waals surface area (Å²) in [4.78, 5) is 12.5. The molecule has 1 amide bonds. The molecule has 1 saturated carbocycles. The standard InChI is InChI=1S/C12H16N2O2/c1-14(2)9-5-3-4-8(6-9)10-7-11(10)13-12(15)16/h3-6,10-11,13H,7H2,1-2H3,(H,15,16)/t10-,11+/m0/s1. The van der Waals surface area contributed by atoms with E-state index >= 15 is 0 Å². The monoisotopic (exact) mass is 220 g/mol. The molecule has 1 aromatic rings. The van der Waals surface area contributed by atoms with Crippen LogP contribution in [0.1, 0.15) is 17.9 Å². The van der Waals surface area contributed by atoms with Gasteiger partial charge in [0, 0.05) is 31.7 Å². The normalized spacial score (nSPS) is 22.6. The molecule has 16 heavy (non-hydrogen) atoms. The van der Waals surface area contributed by atoms with Gasteiger partial charge in [-0.25, -0.2) is 4.79 Å². The Morgan fingerprint density at radius 2 is 2.25 bits per heavy atom. The highest BCUT2D eigenvalue weighted by Gasteiger charge is 2.39. The summed E-state index contributed by atoms with van der Waals surface area (Å²) in [6.07, 6.45) is -0.0281. The van der Waals surface area contributed by atoms with Gasteiger partial charge in [-0.3, -0.25) is 0 Å². The summed E-state index contributed by atoms with van der Waals surface area (Å²) in [5.74, 6) is 0.344. The van der Waals surface area contributed by atoms with Crippen LogP contribution < -0.4 is 10.2 Å². The summed E-state index contributed by atoms with van der Waals surface area (Å²) in [5, 5.41) is 11.1. The van der Waals surface area contributed by atoms with E-state index in [9.17, 15) is 4.79 Å². The van der Waals surface area contributed by atoms with E-state index in [2.05, 4.69) is 17.4 Å². The van der Waals surface area contributed by atoms with Gasteiger partial charge in [-0.1, -0.05) is 12.1 Å². The van der Waals surface area contributed by atoms with Crippen LogP contribution in [0.3, 0.4) is 0 Å². The minimum atomic E-state index is -0.934. The fraction of sp³-hybridized carbons (Fsp3) is 0.417. The van der Waals surface area contributed by atoms with Crippen LogP contribution in [-0.4, -0.2) is 31.3 Å². The molecule has 2 N–H and O–H groups in total. The van der Waals surface area contributed by atoms with Crippen LogP contribution in [0.15, 0.2) is 24.3 Å². The third-order valence-electron chi connectivity index (χ3n) is 2.91. The Morgan fingerprint density at radius 1 is 1.50 bits per heavy atom. The number of carbonyl (C=O) groups is 1. The number of anilines is 1. The van der Waals surface area contributed by atoms with Crippen molar-refractivity contribution in [2.45, 2.75) is 18.4 Å². The lowest BCUT2D eigenvalue weighted by Gasteiger charge is -2.13. The molecule has 4 heteroatoms. The maximum Gasteiger partial charge on any atom is 0.404 e. The zero-order valence-corrected chi connectivity index (χ0v) is 9.47. The average Bonchev–Trinajstić information content (AvgIpc) is 2.96. The zero-order valence-electron chi connectivity index (χ0n) is 9.47. The van der Waals surface area contributed by atoms with Gasteiger partial charge in [0.15, 0.2) is 0 Å². The lowest BCUT2D eigenvalue weighted by molar-refractivity contribution is 0.193. The number of hydrogen-bond donors (Lipinski definition) is 2. The molecule has 2 rings (SSSR count). The maximum atomic E-state index is 10.5. The predicted octanol–water partition coefficient (Wildman–Crippen LogP) is 1.88. The predicted molar refractivity (Wildman–Crippen MR) is 63.1 cm³/mol. The second-order valence-electron chi connectivity index (χ2n) is 4.39. The average molecular weight is 220 g/mol. The van der Waals surface area contributed by atoms with Gasteiger partial charge in [0.2, 0.25) is 0 Å². The molecule has 86 valence electrons. The van der Waals surface area contributed by atoms with E-state index in [0.29, 0.717) is 5.92 Å². The highest BCUT2D eigenvalue weighted by atomic mass is 16.4. The van der Waals surface area contributed by atoms with Gasteiger partial charge in [-0.05, 0) is 24.1 Å². The molecule has 0 saturated heterocycles. The first kappa shape index (κ1) is 10.8. The van der Waals surface area contributed by atoms with Crippen LogP contribution in [0, 0.1) is 0 Å². The zero-order chi connectivity index (χ0) is 11.7. The van der Waals surface area contributed by atoms with E-state index in [1.165, 1.54) is 5.56 Å². The molecule has 0 spiro atoms. The number of hydrogen-bond acceptors (Lipinski definition) is 2. The molecule has 0 heterocycles. The molecule has 0 radical (unpaired) electrons. The first-order valence-corrected chi connectivity index (χ1v) is 5.34. The largest absolute Gasteiger partial charge is 0.465 e. The molecular formula is C12H16N2O2. The van der Waals surface area contributed by atoms with Crippen molar-refractivity contribution in [1.82, 2.24) is 5.32 Å². The Labute approximate surface area is 94.9 Å². The fourth-order valence-electron chi connectivity index (χ4n) is 1.92. The second kappa shape index (κ2) is 4.04. The Bertz CT molecular complexity index is 404. The lowest BCUT2D eigenvalue weighted by atomic mass is 10.1. The smallest absolute Gasteiger partial charge is 0.404 e. The number of rotatable bonds is 3. The molecular weight excluding hydrogens is 204 g/mol. The van der Waals surface area contributed by atoms with Crippen molar-refractivity contribution in [2.24, 2.45) is 0 Å². The summed E-state index contributed by atoms with van der Waals surface area (Å²) in [7, 11) is 4.00. The van der Waals surface area contributed by atoms with Crippen LogP contribution in [0.2, 0.25) is 0 Å². The van der Waals surface area contributed by atoms with Crippen molar-refractivity contribution in [3.8, 4) is 0 Å². The molecule has 0 unspecified atom stereocenters. The molecule has 4 nitrogen and oxygen atoms in total. The van der Waals surface area contributed by atoms with Gasteiger partial charge in [0.25, 0.3) is 0 Å². The SMILES string of the molecule is CN(C)c1cccc([C@@H]2C[C@H]2NC(=O)O)c1. The Kier molecular flexibility index (Phi) is 2.73. The van der Waals surface area contributed by atoms with E-state index < -0.39 is 6.09 Å². The van der Waals surface area contributed by atoms with Gasteiger partial charge in [0.05, 0.1) is 0 Å². The van der Waals surface area contributed by atoms with Crippen molar-refractivity contribution in [3.05, 3.63) is 29.8 Å². The van der Waals surface area contributed by atoms with Crippen LogP contribution in [0.5, 0.6) is 0 Å². The number of nitrogens with zero attached hydrogens (tertiary/aromatic N) is 1. The first-order chi connectivity index (χ1) is 7.58. The summed E-state index contributed by atoms with van der Waals surface area (Å²) in [6, 6.07) is 8.33. The molecule has 0 aliphatic heterocycles. The maximum absolute atomic E-state index is 10.5. The summed E-state index contributed by atoms with van der Waals surface area (Å²) in [6.45, 7) is 0. The minimum Gasteiger partial charge on any atom is -0.465 e. The van der Waals surface area contributed by atoms with Crippen molar-refractivity contribution < 1.29 is 9.90 Å². The highest BCUT2D eigenvalue weighted by Crippen LogP contribution is 2.41. The van der Waals surface area contributed by atoms with Crippen molar-refractivity contribution >= 4 is 11.8 Å². The quantitative estimate of drug-likeness (QED) is 0.817. The third kappa shape index (κ3) is 2.27. The number of amides is 1. The van der Waals surface area contributed by atoms with Gasteiger partial charge < -0.3 is 15.3 Å². The lowest BCUT2D eigenvalue weighted by Crippen LogP contribution is -2.24.